The molecule has 5 nitrogen and oxygen atoms in total. The van der Waals surface area contributed by atoms with E-state index in [-0.39, 0.29) is 11.8 Å². The summed E-state index contributed by atoms with van der Waals surface area (Å²) in [6.07, 6.45) is 9.01. The van der Waals surface area contributed by atoms with Crippen molar-refractivity contribution in [2.45, 2.75) is 57.9 Å². The number of carbonyl (C=O) groups is 2. The molecule has 146 valence electrons. The van der Waals surface area contributed by atoms with Crippen LogP contribution in [0.15, 0.2) is 18.2 Å². The van der Waals surface area contributed by atoms with Crippen molar-refractivity contribution in [3.63, 3.8) is 0 Å². The Bertz CT molecular complexity index is 691. The van der Waals surface area contributed by atoms with Gasteiger partial charge in [0.15, 0.2) is 0 Å². The lowest BCUT2D eigenvalue weighted by Gasteiger charge is -2.21. The molecule has 5 heteroatoms. The van der Waals surface area contributed by atoms with Crippen LogP contribution in [-0.4, -0.2) is 47.9 Å². The van der Waals surface area contributed by atoms with Crippen molar-refractivity contribution in [3.8, 4) is 5.75 Å². The Labute approximate surface area is 161 Å². The molecule has 2 heterocycles. The lowest BCUT2D eigenvalue weighted by Crippen LogP contribution is -2.32. The van der Waals surface area contributed by atoms with E-state index in [1.807, 2.05) is 28.0 Å². The van der Waals surface area contributed by atoms with Gasteiger partial charge in [-0.2, -0.15) is 0 Å². The predicted molar refractivity (Wildman–Crippen MR) is 104 cm³/mol. The molecule has 27 heavy (non-hydrogen) atoms. The Morgan fingerprint density at radius 2 is 1.78 bits per heavy atom. The SMILES string of the molecule is O=C(CCC1CCCC1)N1CCOc2ccc(C(=O)N3CCCC3)cc2C1. The van der Waals surface area contributed by atoms with Crippen LogP contribution in [0.5, 0.6) is 5.75 Å². The third kappa shape index (κ3) is 4.28. The van der Waals surface area contributed by atoms with Crippen molar-refractivity contribution in [1.29, 1.82) is 0 Å². The largest absolute Gasteiger partial charge is 0.491 e. The highest BCUT2D eigenvalue weighted by molar-refractivity contribution is 5.94. The van der Waals surface area contributed by atoms with Crippen LogP contribution in [0.25, 0.3) is 0 Å². The average molecular weight is 370 g/mol. The zero-order chi connectivity index (χ0) is 18.6. The lowest BCUT2D eigenvalue weighted by atomic mass is 10.0. The van der Waals surface area contributed by atoms with E-state index >= 15 is 0 Å². The fourth-order valence-corrected chi connectivity index (χ4v) is 4.63. The Kier molecular flexibility index (Phi) is 5.65. The third-order valence-corrected chi connectivity index (χ3v) is 6.27. The van der Waals surface area contributed by atoms with Crippen LogP contribution < -0.4 is 4.74 Å². The topological polar surface area (TPSA) is 49.9 Å². The maximum atomic E-state index is 12.7. The monoisotopic (exact) mass is 370 g/mol. The second kappa shape index (κ2) is 8.32. The van der Waals surface area contributed by atoms with Crippen LogP contribution >= 0.6 is 0 Å². The van der Waals surface area contributed by atoms with Gasteiger partial charge in [-0.05, 0) is 43.4 Å². The van der Waals surface area contributed by atoms with Gasteiger partial charge >= 0.3 is 0 Å². The minimum Gasteiger partial charge on any atom is -0.491 e. The number of fused-ring (bicyclic) bond motifs is 1. The molecular weight excluding hydrogens is 340 g/mol. The second-order valence-electron chi connectivity index (χ2n) is 8.17. The van der Waals surface area contributed by atoms with Gasteiger partial charge in [-0.1, -0.05) is 25.7 Å². The summed E-state index contributed by atoms with van der Waals surface area (Å²) >= 11 is 0. The summed E-state index contributed by atoms with van der Waals surface area (Å²) in [7, 11) is 0. The fourth-order valence-electron chi connectivity index (χ4n) is 4.63. The number of hydrogen-bond donors (Lipinski definition) is 0. The first-order chi connectivity index (χ1) is 13.2. The molecular formula is C22H30N2O3. The van der Waals surface area contributed by atoms with Crippen molar-refractivity contribution in [2.24, 2.45) is 5.92 Å². The van der Waals surface area contributed by atoms with E-state index in [2.05, 4.69) is 0 Å². The maximum absolute atomic E-state index is 12.7. The molecule has 1 aliphatic carbocycles. The van der Waals surface area contributed by atoms with E-state index < -0.39 is 0 Å². The van der Waals surface area contributed by atoms with Gasteiger partial charge in [0.05, 0.1) is 6.54 Å². The highest BCUT2D eigenvalue weighted by Crippen LogP contribution is 2.30. The molecule has 0 atom stereocenters. The van der Waals surface area contributed by atoms with Crippen LogP contribution in [0, 0.1) is 5.92 Å². The molecule has 0 aromatic heterocycles. The van der Waals surface area contributed by atoms with Crippen LogP contribution in [0.4, 0.5) is 0 Å². The molecule has 2 fully saturated rings. The highest BCUT2D eigenvalue weighted by Gasteiger charge is 2.24. The second-order valence-corrected chi connectivity index (χ2v) is 8.17. The summed E-state index contributed by atoms with van der Waals surface area (Å²) in [4.78, 5) is 29.3. The molecule has 0 bridgehead atoms. The Morgan fingerprint density at radius 3 is 2.56 bits per heavy atom. The molecule has 0 unspecified atom stereocenters. The predicted octanol–water partition coefficient (Wildman–Crippen LogP) is 3.61. The summed E-state index contributed by atoms with van der Waals surface area (Å²) < 4.78 is 5.85. The minimum atomic E-state index is 0.0960. The first-order valence-electron chi connectivity index (χ1n) is 10.5. The van der Waals surface area contributed by atoms with Gasteiger partial charge in [-0.15, -0.1) is 0 Å². The van der Waals surface area contributed by atoms with Crippen molar-refractivity contribution >= 4 is 11.8 Å². The van der Waals surface area contributed by atoms with Gasteiger partial charge in [-0.3, -0.25) is 9.59 Å². The zero-order valence-corrected chi connectivity index (χ0v) is 16.1. The fraction of sp³-hybridized carbons (Fsp3) is 0.636. The average Bonchev–Trinajstić information content (AvgIpc) is 3.36. The van der Waals surface area contributed by atoms with Gasteiger partial charge in [0, 0.05) is 37.2 Å². The Balaban J connectivity index is 1.42. The van der Waals surface area contributed by atoms with Gasteiger partial charge in [-0.25, -0.2) is 0 Å². The van der Waals surface area contributed by atoms with Gasteiger partial charge in [0.1, 0.15) is 12.4 Å². The minimum absolute atomic E-state index is 0.0960. The lowest BCUT2D eigenvalue weighted by molar-refractivity contribution is -0.132. The molecule has 4 rings (SSSR count). The van der Waals surface area contributed by atoms with E-state index in [0.29, 0.717) is 31.7 Å². The first kappa shape index (κ1) is 18.3. The summed E-state index contributed by atoms with van der Waals surface area (Å²) in [5.74, 6) is 1.85. The number of ether oxygens (including phenoxy) is 1. The third-order valence-electron chi connectivity index (χ3n) is 6.27. The van der Waals surface area contributed by atoms with E-state index in [1.165, 1.54) is 25.7 Å². The molecule has 0 spiro atoms. The first-order valence-corrected chi connectivity index (χ1v) is 10.5. The van der Waals surface area contributed by atoms with Crippen molar-refractivity contribution in [2.75, 3.05) is 26.2 Å². The molecule has 3 aliphatic rings. The van der Waals surface area contributed by atoms with E-state index in [0.717, 1.165) is 49.6 Å². The molecule has 1 aromatic carbocycles. The molecule has 1 saturated carbocycles. The number of rotatable bonds is 4. The highest BCUT2D eigenvalue weighted by atomic mass is 16.5. The van der Waals surface area contributed by atoms with Gasteiger partial charge in [0.25, 0.3) is 5.91 Å². The van der Waals surface area contributed by atoms with Crippen molar-refractivity contribution in [3.05, 3.63) is 29.3 Å². The van der Waals surface area contributed by atoms with E-state index in [4.69, 9.17) is 4.74 Å². The molecule has 0 N–H and O–H groups in total. The summed E-state index contributed by atoms with van der Waals surface area (Å²) in [6, 6.07) is 5.68. The molecule has 0 radical (unpaired) electrons. The molecule has 2 amide bonds. The smallest absolute Gasteiger partial charge is 0.253 e. The quantitative estimate of drug-likeness (QED) is 0.813. The van der Waals surface area contributed by atoms with Crippen LogP contribution in [-0.2, 0) is 11.3 Å². The number of benzene rings is 1. The molecule has 1 saturated heterocycles. The normalized spacial score (nSPS) is 20.3. The molecule has 2 aliphatic heterocycles. The van der Waals surface area contributed by atoms with Crippen LogP contribution in [0.2, 0.25) is 0 Å². The Hall–Kier alpha value is -2.04. The van der Waals surface area contributed by atoms with E-state index in [9.17, 15) is 9.59 Å². The number of amides is 2. The standard InChI is InChI=1S/C22H30N2O3/c25-21(10-7-17-5-1-2-6-17)24-13-14-27-20-9-8-18(15-19(20)16-24)22(26)23-11-3-4-12-23/h8-9,15,17H,1-7,10-14,16H2. The van der Waals surface area contributed by atoms with Gasteiger partial charge in [0.2, 0.25) is 5.91 Å². The number of hydrogen-bond acceptors (Lipinski definition) is 3. The van der Waals surface area contributed by atoms with Crippen molar-refractivity contribution in [1.82, 2.24) is 9.80 Å². The van der Waals surface area contributed by atoms with Crippen LogP contribution in [0.3, 0.4) is 0 Å². The number of likely N-dealkylation sites (tertiary alicyclic amines) is 1. The number of carbonyl (C=O) groups excluding carboxylic acids is 2. The van der Waals surface area contributed by atoms with Gasteiger partial charge < -0.3 is 14.5 Å². The molecule has 1 aromatic rings. The van der Waals surface area contributed by atoms with Crippen molar-refractivity contribution < 1.29 is 14.3 Å². The summed E-state index contributed by atoms with van der Waals surface area (Å²) in [6.45, 7) is 3.37. The van der Waals surface area contributed by atoms with Crippen LogP contribution in [0.1, 0.15) is 67.3 Å². The zero-order valence-electron chi connectivity index (χ0n) is 16.1. The maximum Gasteiger partial charge on any atom is 0.253 e. The number of nitrogens with zero attached hydrogens (tertiary/aromatic N) is 2. The summed E-state index contributed by atoms with van der Waals surface area (Å²) in [5, 5.41) is 0. The Morgan fingerprint density at radius 1 is 1.00 bits per heavy atom. The summed E-state index contributed by atoms with van der Waals surface area (Å²) in [5.41, 5.74) is 1.66. The van der Waals surface area contributed by atoms with E-state index in [1.54, 1.807) is 0 Å².